The molecule has 0 fully saturated rings. The summed E-state index contributed by atoms with van der Waals surface area (Å²) in [5.74, 6) is -1.13. The fourth-order valence-electron chi connectivity index (χ4n) is 6.16. The van der Waals surface area contributed by atoms with Crippen molar-refractivity contribution in [2.75, 3.05) is 0 Å². The first kappa shape index (κ1) is 41.6. The Morgan fingerprint density at radius 2 is 0.840 bits per heavy atom. The van der Waals surface area contributed by atoms with Crippen LogP contribution in [0.2, 0.25) is 0 Å². The van der Waals surface area contributed by atoms with Crippen molar-refractivity contribution in [1.29, 1.82) is 0 Å². The van der Waals surface area contributed by atoms with Gasteiger partial charge in [0.1, 0.15) is 0 Å². The molecule has 0 bridgehead atoms. The van der Waals surface area contributed by atoms with Gasteiger partial charge in [-0.2, -0.15) is 0 Å². The van der Waals surface area contributed by atoms with E-state index in [2.05, 4.69) is 27.7 Å². The van der Waals surface area contributed by atoms with E-state index in [9.17, 15) is 19.2 Å². The molecule has 268 valence electrons. The molecule has 0 aromatic rings. The summed E-state index contributed by atoms with van der Waals surface area (Å²) in [6.45, 7) is 22.7. The van der Waals surface area contributed by atoms with Crippen molar-refractivity contribution in [3.05, 3.63) is 130 Å². The molecule has 50 heavy (non-hydrogen) atoms. The van der Waals surface area contributed by atoms with E-state index in [1.165, 1.54) is 13.8 Å². The van der Waals surface area contributed by atoms with Crippen LogP contribution >= 0.6 is 0 Å². The minimum Gasteiger partial charge on any atom is -0.454 e. The van der Waals surface area contributed by atoms with Gasteiger partial charge in [0.2, 0.25) is 0 Å². The van der Waals surface area contributed by atoms with Crippen molar-refractivity contribution in [1.82, 2.24) is 0 Å². The monoisotopic (exact) mass is 680 g/mol. The van der Waals surface area contributed by atoms with E-state index in [1.807, 2.05) is 113 Å². The molecule has 0 radical (unpaired) electrons. The lowest BCUT2D eigenvalue weighted by molar-refractivity contribution is -0.154. The fourth-order valence-corrected chi connectivity index (χ4v) is 6.16. The van der Waals surface area contributed by atoms with Gasteiger partial charge in [-0.1, -0.05) is 135 Å². The lowest BCUT2D eigenvalue weighted by Gasteiger charge is -2.36. The Morgan fingerprint density at radius 1 is 0.540 bits per heavy atom. The summed E-state index contributed by atoms with van der Waals surface area (Å²) in [4.78, 5) is 48.4. The summed E-state index contributed by atoms with van der Waals surface area (Å²) in [7, 11) is 0. The summed E-state index contributed by atoms with van der Waals surface area (Å²) in [6, 6.07) is 0. The molecule has 2 rings (SSSR count). The van der Waals surface area contributed by atoms with Gasteiger partial charge in [-0.05, 0) is 74.7 Å². The third-order valence-electron chi connectivity index (χ3n) is 8.89. The highest BCUT2D eigenvalue weighted by Gasteiger charge is 2.40. The van der Waals surface area contributed by atoms with Gasteiger partial charge >= 0.3 is 11.9 Å². The molecule has 2 atom stereocenters. The number of rotatable bonds is 12. The number of allylic oxidation sites excluding steroid dienone is 20. The maximum Gasteiger partial charge on any atom is 0.303 e. The van der Waals surface area contributed by atoms with Crippen molar-refractivity contribution < 1.29 is 28.7 Å². The van der Waals surface area contributed by atoms with Crippen molar-refractivity contribution in [3.8, 4) is 0 Å². The van der Waals surface area contributed by atoms with Gasteiger partial charge in [0.25, 0.3) is 0 Å². The Hall–Kier alpha value is -4.58. The van der Waals surface area contributed by atoms with E-state index in [-0.39, 0.29) is 22.4 Å². The first-order valence-corrected chi connectivity index (χ1v) is 17.2. The summed E-state index contributed by atoms with van der Waals surface area (Å²) < 4.78 is 10.5. The highest BCUT2D eigenvalue weighted by molar-refractivity contribution is 6.02. The zero-order valence-corrected chi connectivity index (χ0v) is 32.1. The Bertz CT molecular complexity index is 1560. The zero-order valence-electron chi connectivity index (χ0n) is 32.1. The Morgan fingerprint density at radius 3 is 1.16 bits per heavy atom. The van der Waals surface area contributed by atoms with Crippen LogP contribution in [0.5, 0.6) is 0 Å². The predicted molar refractivity (Wildman–Crippen MR) is 204 cm³/mol. The molecule has 0 aromatic carbocycles. The molecule has 0 aliphatic heterocycles. The number of carbonyl (C=O) groups excluding carboxylic acids is 4. The van der Waals surface area contributed by atoms with Gasteiger partial charge in [0.05, 0.1) is 0 Å². The van der Waals surface area contributed by atoms with E-state index in [1.54, 1.807) is 13.8 Å². The number of hydrogen-bond acceptors (Lipinski definition) is 6. The average molecular weight is 681 g/mol. The third kappa shape index (κ3) is 12.7. The number of Topliss-reactive ketones (excluding diaryl/α,β-unsaturated/α-hetero) is 2. The highest BCUT2D eigenvalue weighted by Crippen LogP contribution is 2.42. The first-order chi connectivity index (χ1) is 23.2. The second-order valence-electron chi connectivity index (χ2n) is 14.6. The summed E-state index contributed by atoms with van der Waals surface area (Å²) in [5, 5.41) is 0. The van der Waals surface area contributed by atoms with Crippen molar-refractivity contribution in [2.45, 2.75) is 108 Å². The number of esters is 2. The fraction of sp³-hybridized carbons (Fsp3) is 0.409. The van der Waals surface area contributed by atoms with E-state index < -0.39 is 24.1 Å². The molecule has 6 nitrogen and oxygen atoms in total. The maximum atomic E-state index is 12.8. The summed E-state index contributed by atoms with van der Waals surface area (Å²) in [5.41, 5.74) is 6.94. The van der Waals surface area contributed by atoms with Crippen molar-refractivity contribution >= 4 is 23.5 Å². The van der Waals surface area contributed by atoms with Gasteiger partial charge in [0.15, 0.2) is 23.8 Å². The molecule has 0 N–H and O–H groups in total. The number of hydrogen-bond donors (Lipinski definition) is 0. The van der Waals surface area contributed by atoms with Crippen LogP contribution in [0.4, 0.5) is 0 Å². The van der Waals surface area contributed by atoms with Crippen LogP contribution in [-0.4, -0.2) is 35.7 Å². The topological polar surface area (TPSA) is 86.7 Å². The predicted octanol–water partition coefficient (Wildman–Crippen LogP) is 10.0. The van der Waals surface area contributed by atoms with Crippen LogP contribution in [0.1, 0.15) is 95.9 Å². The van der Waals surface area contributed by atoms with Crippen LogP contribution in [0.3, 0.4) is 0 Å². The first-order valence-electron chi connectivity index (χ1n) is 17.2. The zero-order chi connectivity index (χ0) is 37.8. The van der Waals surface area contributed by atoms with E-state index >= 15 is 0 Å². The molecule has 0 saturated heterocycles. The Labute approximate surface area is 300 Å². The molecular weight excluding hydrogens is 624 g/mol. The van der Waals surface area contributed by atoms with Crippen molar-refractivity contribution in [2.24, 2.45) is 10.8 Å². The van der Waals surface area contributed by atoms with Gasteiger partial charge in [0, 0.05) is 26.7 Å². The SMILES string of the molecule is CC(=O)OC1CC(C)(C)C(/C=C/C(C)=C/C=C/C(C)=C/C=C\C=C(C)\C=C\C=C(C)\C=C\C2=C(C)C(=O)C(OC(C)=O)CC2(C)C)=C(C)C1=O. The van der Waals surface area contributed by atoms with Crippen LogP contribution in [0, 0.1) is 10.8 Å². The van der Waals surface area contributed by atoms with Gasteiger partial charge in [-0.15, -0.1) is 0 Å². The second-order valence-corrected chi connectivity index (χ2v) is 14.6. The van der Waals surface area contributed by atoms with Gasteiger partial charge in [-0.25, -0.2) is 0 Å². The van der Waals surface area contributed by atoms with Crippen LogP contribution in [-0.2, 0) is 28.7 Å². The lowest BCUT2D eigenvalue weighted by atomic mass is 9.71. The Kier molecular flexibility index (Phi) is 15.3. The van der Waals surface area contributed by atoms with Gasteiger partial charge in [-0.3, -0.25) is 19.2 Å². The molecule has 6 heteroatoms. The summed E-state index contributed by atoms with van der Waals surface area (Å²) in [6.07, 6.45) is 27.8. The number of ether oxygens (including phenoxy) is 2. The minimum absolute atomic E-state index is 0.127. The molecule has 0 aromatic heterocycles. The molecule has 0 heterocycles. The Balaban J connectivity index is 1.98. The third-order valence-corrected chi connectivity index (χ3v) is 8.89. The molecule has 2 aliphatic rings. The normalized spacial score (nSPS) is 22.7. The van der Waals surface area contributed by atoms with Crippen LogP contribution in [0.25, 0.3) is 0 Å². The standard InChI is InChI=1S/C44H56O6/c1-29(19-15-21-31(3)23-25-37-33(5)41(47)39(49-35(7)45)27-43(37,9)10)17-13-14-18-30(2)20-16-22-32(4)24-26-38-34(6)42(48)40(50-36(8)46)28-44(38,11)12/h13-26,39-40H,27-28H2,1-12H3/b14-13-,19-15+,20-16+,25-23+,26-24+,29-17+,30-18+,31-21+,32-22+. The van der Waals surface area contributed by atoms with Crippen LogP contribution in [0.15, 0.2) is 130 Å². The highest BCUT2D eigenvalue weighted by atomic mass is 16.5. The molecule has 0 amide bonds. The largest absolute Gasteiger partial charge is 0.454 e. The van der Waals surface area contributed by atoms with E-state index in [4.69, 9.17) is 9.47 Å². The summed E-state index contributed by atoms with van der Waals surface area (Å²) >= 11 is 0. The van der Waals surface area contributed by atoms with E-state index in [0.717, 1.165) is 33.4 Å². The average Bonchev–Trinajstić information content (AvgIpc) is 2.99. The molecule has 2 aliphatic carbocycles. The smallest absolute Gasteiger partial charge is 0.303 e. The van der Waals surface area contributed by atoms with E-state index in [0.29, 0.717) is 24.0 Å². The molecule has 2 unspecified atom stereocenters. The molecular formula is C44H56O6. The van der Waals surface area contributed by atoms with Crippen LogP contribution < -0.4 is 0 Å². The number of ketones is 2. The van der Waals surface area contributed by atoms with Crippen molar-refractivity contribution in [3.63, 3.8) is 0 Å². The second kappa shape index (κ2) is 18.4. The maximum absolute atomic E-state index is 12.8. The lowest BCUT2D eigenvalue weighted by Crippen LogP contribution is -2.38. The number of carbonyl (C=O) groups is 4. The minimum atomic E-state index is -0.719. The van der Waals surface area contributed by atoms with Gasteiger partial charge < -0.3 is 9.47 Å². The molecule has 0 saturated carbocycles. The quantitative estimate of drug-likeness (QED) is 0.151. The molecule has 0 spiro atoms.